The van der Waals surface area contributed by atoms with Crippen LogP contribution in [0.2, 0.25) is 0 Å². The molecule has 1 aromatic heterocycles. The van der Waals surface area contributed by atoms with E-state index in [1.165, 1.54) is 4.90 Å². The molecule has 3 amide bonds. The number of aromatic nitrogens is 1. The summed E-state index contributed by atoms with van der Waals surface area (Å²) in [7, 11) is 3.39. The molecule has 2 fully saturated rings. The summed E-state index contributed by atoms with van der Waals surface area (Å²) in [5, 5.41) is 0. The summed E-state index contributed by atoms with van der Waals surface area (Å²) < 4.78 is 0. The molecule has 134 valence electrons. The molecule has 1 aromatic rings. The third-order valence-electron chi connectivity index (χ3n) is 5.32. The second-order valence-corrected chi connectivity index (χ2v) is 7.05. The predicted molar refractivity (Wildman–Crippen MR) is 91.7 cm³/mol. The maximum atomic E-state index is 12.8. The zero-order chi connectivity index (χ0) is 18.0. The maximum Gasteiger partial charge on any atom is 0.272 e. The average molecular weight is 344 g/mol. The summed E-state index contributed by atoms with van der Waals surface area (Å²) in [5.41, 5.74) is 0.0300. The van der Waals surface area contributed by atoms with Crippen LogP contribution in [0.25, 0.3) is 0 Å². The topological polar surface area (TPSA) is 73.8 Å². The number of carbonyl (C=O) groups is 3. The Morgan fingerprint density at radius 2 is 1.84 bits per heavy atom. The number of carbonyl (C=O) groups excluding carboxylic acids is 3. The van der Waals surface area contributed by atoms with Crippen molar-refractivity contribution in [2.24, 2.45) is 5.41 Å². The van der Waals surface area contributed by atoms with Crippen LogP contribution in [0.3, 0.4) is 0 Å². The molecule has 0 unspecified atom stereocenters. The number of nitrogens with zero attached hydrogens (tertiary/aromatic N) is 4. The van der Waals surface area contributed by atoms with Gasteiger partial charge in [-0.05, 0) is 31.4 Å². The Morgan fingerprint density at radius 1 is 1.16 bits per heavy atom. The van der Waals surface area contributed by atoms with Gasteiger partial charge in [0.15, 0.2) is 0 Å². The second kappa shape index (κ2) is 6.82. The van der Waals surface area contributed by atoms with Crippen molar-refractivity contribution >= 4 is 17.7 Å². The molecule has 7 nitrogen and oxygen atoms in total. The molecule has 3 rings (SSSR count). The summed E-state index contributed by atoms with van der Waals surface area (Å²) in [5.74, 6) is -0.0821. The smallest absolute Gasteiger partial charge is 0.272 e. The molecule has 7 heteroatoms. The van der Waals surface area contributed by atoms with Gasteiger partial charge in [-0.2, -0.15) is 0 Å². The van der Waals surface area contributed by atoms with Crippen molar-refractivity contribution in [3.05, 3.63) is 30.1 Å². The fourth-order valence-corrected chi connectivity index (χ4v) is 3.60. The number of likely N-dealkylation sites (N-methyl/N-ethyl adjacent to an activating group) is 1. The van der Waals surface area contributed by atoms with Crippen molar-refractivity contribution in [3.63, 3.8) is 0 Å². The van der Waals surface area contributed by atoms with Gasteiger partial charge in [0.2, 0.25) is 11.8 Å². The van der Waals surface area contributed by atoms with Gasteiger partial charge in [0.05, 0.1) is 12.0 Å². The first-order chi connectivity index (χ1) is 11.9. The minimum Gasteiger partial charge on any atom is -0.347 e. The fourth-order valence-electron chi connectivity index (χ4n) is 3.60. The standard InChI is InChI=1S/C18H24N4O3/c1-20(2)15(23)13-22-12-8-18(17(22)25)6-10-21(11-7-18)16(24)14-5-3-4-9-19-14/h3-5,9H,6-8,10-13H2,1-2H3. The molecule has 0 aromatic carbocycles. The lowest BCUT2D eigenvalue weighted by atomic mass is 9.77. The Labute approximate surface area is 147 Å². The summed E-state index contributed by atoms with van der Waals surface area (Å²) in [4.78, 5) is 46.3. The molecule has 25 heavy (non-hydrogen) atoms. The Morgan fingerprint density at radius 3 is 2.44 bits per heavy atom. The second-order valence-electron chi connectivity index (χ2n) is 7.05. The van der Waals surface area contributed by atoms with Gasteiger partial charge >= 0.3 is 0 Å². The number of piperidine rings is 1. The van der Waals surface area contributed by atoms with E-state index in [0.717, 1.165) is 6.42 Å². The molecule has 1 spiro atoms. The lowest BCUT2D eigenvalue weighted by molar-refractivity contribution is -0.142. The van der Waals surface area contributed by atoms with Crippen LogP contribution in [0.5, 0.6) is 0 Å². The molecule has 0 saturated carbocycles. The molecule has 0 aliphatic carbocycles. The van der Waals surface area contributed by atoms with Gasteiger partial charge < -0.3 is 14.7 Å². The molecular weight excluding hydrogens is 320 g/mol. The lowest BCUT2D eigenvalue weighted by Crippen LogP contribution is -2.47. The number of amides is 3. The fraction of sp³-hybridized carbons (Fsp3) is 0.556. The van der Waals surface area contributed by atoms with Crippen molar-refractivity contribution in [2.45, 2.75) is 19.3 Å². The van der Waals surface area contributed by atoms with Gasteiger partial charge in [0.1, 0.15) is 5.69 Å². The van der Waals surface area contributed by atoms with Crippen LogP contribution < -0.4 is 0 Å². The molecule has 0 bridgehead atoms. The van der Waals surface area contributed by atoms with Crippen LogP contribution in [0, 0.1) is 5.41 Å². The third-order valence-corrected chi connectivity index (χ3v) is 5.32. The van der Waals surface area contributed by atoms with E-state index in [0.29, 0.717) is 38.2 Å². The highest BCUT2D eigenvalue weighted by Crippen LogP contribution is 2.41. The highest BCUT2D eigenvalue weighted by Gasteiger charge is 2.49. The van der Waals surface area contributed by atoms with Crippen molar-refractivity contribution in [3.8, 4) is 0 Å². The molecule has 2 aliphatic rings. The number of pyridine rings is 1. The van der Waals surface area contributed by atoms with E-state index in [4.69, 9.17) is 0 Å². The Bertz CT molecular complexity index is 666. The van der Waals surface area contributed by atoms with Crippen molar-refractivity contribution < 1.29 is 14.4 Å². The van der Waals surface area contributed by atoms with E-state index in [-0.39, 0.29) is 24.3 Å². The average Bonchev–Trinajstić information content (AvgIpc) is 2.92. The molecule has 2 saturated heterocycles. The van der Waals surface area contributed by atoms with E-state index in [1.807, 2.05) is 0 Å². The van der Waals surface area contributed by atoms with Gasteiger partial charge in [-0.15, -0.1) is 0 Å². The summed E-state index contributed by atoms with van der Waals surface area (Å²) in [6.07, 6.45) is 3.67. The number of hydrogen-bond acceptors (Lipinski definition) is 4. The minimum atomic E-state index is -0.409. The molecule has 0 atom stereocenters. The highest BCUT2D eigenvalue weighted by atomic mass is 16.2. The van der Waals surface area contributed by atoms with Crippen LogP contribution in [-0.2, 0) is 9.59 Å². The van der Waals surface area contributed by atoms with Crippen LogP contribution in [0.4, 0.5) is 0 Å². The molecule has 2 aliphatic heterocycles. The van der Waals surface area contributed by atoms with Crippen molar-refractivity contribution in [1.29, 1.82) is 0 Å². The predicted octanol–water partition coefficient (Wildman–Crippen LogP) is 0.624. The number of hydrogen-bond donors (Lipinski definition) is 0. The van der Waals surface area contributed by atoms with Crippen LogP contribution >= 0.6 is 0 Å². The zero-order valence-corrected chi connectivity index (χ0v) is 14.8. The summed E-state index contributed by atoms with van der Waals surface area (Å²) >= 11 is 0. The maximum absolute atomic E-state index is 12.8. The van der Waals surface area contributed by atoms with Crippen LogP contribution in [0.1, 0.15) is 29.8 Å². The lowest BCUT2D eigenvalue weighted by Gasteiger charge is -2.37. The Hall–Kier alpha value is -2.44. The van der Waals surface area contributed by atoms with Gasteiger partial charge in [-0.3, -0.25) is 19.4 Å². The first-order valence-electron chi connectivity index (χ1n) is 8.63. The van der Waals surface area contributed by atoms with Crippen LogP contribution in [-0.4, -0.2) is 77.7 Å². The molecular formula is C18H24N4O3. The molecule has 0 N–H and O–H groups in total. The number of rotatable bonds is 3. The quantitative estimate of drug-likeness (QED) is 0.806. The van der Waals surface area contributed by atoms with Crippen LogP contribution in [0.15, 0.2) is 24.4 Å². The van der Waals surface area contributed by atoms with Gasteiger partial charge in [0, 0.05) is 39.9 Å². The van der Waals surface area contributed by atoms with E-state index >= 15 is 0 Å². The van der Waals surface area contributed by atoms with Crippen molar-refractivity contribution in [2.75, 3.05) is 40.3 Å². The monoisotopic (exact) mass is 344 g/mol. The van der Waals surface area contributed by atoms with Gasteiger partial charge in [-0.25, -0.2) is 0 Å². The SMILES string of the molecule is CN(C)C(=O)CN1CCC2(CCN(C(=O)c3ccccn3)CC2)C1=O. The summed E-state index contributed by atoms with van der Waals surface area (Å²) in [6, 6.07) is 5.29. The molecule has 0 radical (unpaired) electrons. The zero-order valence-electron chi connectivity index (χ0n) is 14.8. The molecule has 3 heterocycles. The van der Waals surface area contributed by atoms with Gasteiger partial charge in [0.25, 0.3) is 5.91 Å². The first-order valence-corrected chi connectivity index (χ1v) is 8.63. The highest BCUT2D eigenvalue weighted by molar-refractivity contribution is 5.93. The largest absolute Gasteiger partial charge is 0.347 e. The van der Waals surface area contributed by atoms with E-state index < -0.39 is 5.41 Å². The van der Waals surface area contributed by atoms with Gasteiger partial charge in [-0.1, -0.05) is 6.07 Å². The third kappa shape index (κ3) is 3.36. The van der Waals surface area contributed by atoms with E-state index in [9.17, 15) is 14.4 Å². The summed E-state index contributed by atoms with van der Waals surface area (Å²) in [6.45, 7) is 1.87. The Kier molecular flexibility index (Phi) is 4.74. The van der Waals surface area contributed by atoms with E-state index in [2.05, 4.69) is 4.98 Å². The minimum absolute atomic E-state index is 0.0619. The number of likely N-dealkylation sites (tertiary alicyclic amines) is 2. The van der Waals surface area contributed by atoms with E-state index in [1.54, 1.807) is 48.3 Å². The Balaban J connectivity index is 1.61. The normalized spacial score (nSPS) is 19.4. The van der Waals surface area contributed by atoms with Crippen molar-refractivity contribution in [1.82, 2.24) is 19.7 Å². The first kappa shape index (κ1) is 17.4.